The third-order valence-corrected chi connectivity index (χ3v) is 3.41. The van der Waals surface area contributed by atoms with E-state index in [4.69, 9.17) is 11.6 Å². The molecule has 0 radical (unpaired) electrons. The second-order valence-electron chi connectivity index (χ2n) is 4.77. The fourth-order valence-corrected chi connectivity index (χ4v) is 2.42. The molecule has 0 fully saturated rings. The highest BCUT2D eigenvalue weighted by molar-refractivity contribution is 6.21. The molecule has 2 heterocycles. The molecule has 1 unspecified atom stereocenters. The molecular weight excluding hydrogens is 294 g/mol. The van der Waals surface area contributed by atoms with Gasteiger partial charge in [-0.05, 0) is 37.3 Å². The van der Waals surface area contributed by atoms with E-state index in [1.165, 1.54) is 24.4 Å². The van der Waals surface area contributed by atoms with E-state index < -0.39 is 5.82 Å². The zero-order chi connectivity index (χ0) is 15.0. The van der Waals surface area contributed by atoms with Gasteiger partial charge in [0, 0.05) is 22.7 Å². The molecule has 0 aliphatic heterocycles. The first kappa shape index (κ1) is 13.9. The number of rotatable bonds is 2. The Morgan fingerprint density at radius 2 is 1.86 bits per heavy atom. The molecule has 2 aromatic heterocycles. The van der Waals surface area contributed by atoms with Crippen LogP contribution in [0.3, 0.4) is 0 Å². The average Bonchev–Trinajstić information content (AvgIpc) is 2.45. The Balaban J connectivity index is 2.30. The number of hydrogen-bond donors (Lipinski definition) is 0. The Labute approximate surface area is 125 Å². The number of benzene rings is 1. The van der Waals surface area contributed by atoms with Gasteiger partial charge in [-0.15, -0.1) is 11.6 Å². The highest BCUT2D eigenvalue weighted by atomic mass is 35.5. The van der Waals surface area contributed by atoms with Crippen LogP contribution in [0, 0.1) is 11.6 Å². The van der Waals surface area contributed by atoms with Crippen molar-refractivity contribution in [2.24, 2.45) is 0 Å². The summed E-state index contributed by atoms with van der Waals surface area (Å²) in [5.74, 6) is -0.792. The Kier molecular flexibility index (Phi) is 3.55. The lowest BCUT2D eigenvalue weighted by molar-refractivity contribution is 0.622. The molecule has 0 saturated carbocycles. The maximum atomic E-state index is 13.4. The van der Waals surface area contributed by atoms with Gasteiger partial charge in [-0.2, -0.15) is 0 Å². The highest BCUT2D eigenvalue weighted by Gasteiger charge is 2.14. The number of halogens is 3. The third kappa shape index (κ3) is 2.72. The SMILES string of the molecule is CC(Cl)c1nc2ccc(F)cc2cc1-c1cncc(F)c1. The molecule has 3 rings (SSSR count). The van der Waals surface area contributed by atoms with Crippen molar-refractivity contribution in [3.63, 3.8) is 0 Å². The zero-order valence-corrected chi connectivity index (χ0v) is 11.9. The van der Waals surface area contributed by atoms with Crippen LogP contribution in [-0.4, -0.2) is 9.97 Å². The van der Waals surface area contributed by atoms with Gasteiger partial charge in [-0.25, -0.2) is 8.78 Å². The number of fused-ring (bicyclic) bond motifs is 1. The number of alkyl halides is 1. The lowest BCUT2D eigenvalue weighted by atomic mass is 10.0. The second-order valence-corrected chi connectivity index (χ2v) is 5.42. The van der Waals surface area contributed by atoms with E-state index in [2.05, 4.69) is 9.97 Å². The predicted octanol–water partition coefficient (Wildman–Crippen LogP) is 4.87. The van der Waals surface area contributed by atoms with Gasteiger partial charge in [-0.1, -0.05) is 0 Å². The standard InChI is InChI=1S/C16H11ClF2N2/c1-9(17)16-14(11-5-13(19)8-20-7-11)6-10-4-12(18)2-3-15(10)21-16/h2-9H,1H3. The van der Waals surface area contributed by atoms with Crippen LogP contribution in [-0.2, 0) is 0 Å². The summed E-state index contributed by atoms with van der Waals surface area (Å²) in [5, 5.41) is 0.271. The first-order chi connectivity index (χ1) is 10.0. The summed E-state index contributed by atoms with van der Waals surface area (Å²) >= 11 is 6.18. The molecule has 0 N–H and O–H groups in total. The van der Waals surface area contributed by atoms with Crippen molar-refractivity contribution in [2.45, 2.75) is 12.3 Å². The van der Waals surface area contributed by atoms with Gasteiger partial charge >= 0.3 is 0 Å². The zero-order valence-electron chi connectivity index (χ0n) is 11.1. The molecule has 3 aromatic rings. The summed E-state index contributed by atoms with van der Waals surface area (Å²) in [6, 6.07) is 7.46. The molecule has 106 valence electrons. The lowest BCUT2D eigenvalue weighted by Gasteiger charge is -2.12. The number of pyridine rings is 2. The van der Waals surface area contributed by atoms with Gasteiger partial charge in [0.05, 0.1) is 22.8 Å². The van der Waals surface area contributed by atoms with E-state index in [1.807, 2.05) is 0 Å². The summed E-state index contributed by atoms with van der Waals surface area (Å²) in [6.45, 7) is 1.79. The van der Waals surface area contributed by atoms with Gasteiger partial charge in [-0.3, -0.25) is 9.97 Å². The fourth-order valence-electron chi connectivity index (χ4n) is 2.26. The molecule has 0 aliphatic carbocycles. The first-order valence-electron chi connectivity index (χ1n) is 6.40. The third-order valence-electron chi connectivity index (χ3n) is 3.20. The summed E-state index contributed by atoms with van der Waals surface area (Å²) in [6.07, 6.45) is 2.66. The Hall–Kier alpha value is -2.07. The smallest absolute Gasteiger partial charge is 0.142 e. The van der Waals surface area contributed by atoms with Gasteiger partial charge in [0.25, 0.3) is 0 Å². The maximum Gasteiger partial charge on any atom is 0.142 e. The number of hydrogen-bond acceptors (Lipinski definition) is 2. The summed E-state index contributed by atoms with van der Waals surface area (Å²) in [5.41, 5.74) is 2.48. The molecule has 0 bridgehead atoms. The number of nitrogens with zero attached hydrogens (tertiary/aromatic N) is 2. The summed E-state index contributed by atoms with van der Waals surface area (Å²) in [4.78, 5) is 8.31. The van der Waals surface area contributed by atoms with Gasteiger partial charge in [0.1, 0.15) is 11.6 Å². The van der Waals surface area contributed by atoms with E-state index in [0.29, 0.717) is 27.7 Å². The topological polar surface area (TPSA) is 25.8 Å². The van der Waals surface area contributed by atoms with Crippen LogP contribution in [0.5, 0.6) is 0 Å². The molecule has 0 saturated heterocycles. The van der Waals surface area contributed by atoms with E-state index in [1.54, 1.807) is 19.1 Å². The Bertz CT molecular complexity index is 818. The molecule has 0 spiro atoms. The van der Waals surface area contributed by atoms with E-state index in [-0.39, 0.29) is 11.2 Å². The maximum absolute atomic E-state index is 13.4. The van der Waals surface area contributed by atoms with E-state index in [0.717, 1.165) is 6.20 Å². The van der Waals surface area contributed by atoms with Gasteiger partial charge < -0.3 is 0 Å². The predicted molar refractivity (Wildman–Crippen MR) is 79.2 cm³/mol. The molecule has 1 aromatic carbocycles. The van der Waals surface area contributed by atoms with Crippen molar-refractivity contribution < 1.29 is 8.78 Å². The van der Waals surface area contributed by atoms with Gasteiger partial charge in [0.15, 0.2) is 0 Å². The molecule has 2 nitrogen and oxygen atoms in total. The van der Waals surface area contributed by atoms with Crippen LogP contribution in [0.15, 0.2) is 42.7 Å². The first-order valence-corrected chi connectivity index (χ1v) is 6.83. The Morgan fingerprint density at radius 1 is 1.05 bits per heavy atom. The largest absolute Gasteiger partial charge is 0.261 e. The van der Waals surface area contributed by atoms with Crippen molar-refractivity contribution in [2.75, 3.05) is 0 Å². The van der Waals surface area contributed by atoms with Crippen LogP contribution in [0.2, 0.25) is 0 Å². The minimum absolute atomic E-state index is 0.348. The van der Waals surface area contributed by atoms with Crippen molar-refractivity contribution in [1.82, 2.24) is 9.97 Å². The number of aromatic nitrogens is 2. The Morgan fingerprint density at radius 3 is 2.57 bits per heavy atom. The molecule has 1 atom stereocenters. The minimum atomic E-state index is -0.444. The minimum Gasteiger partial charge on any atom is -0.261 e. The van der Waals surface area contributed by atoms with E-state index in [9.17, 15) is 8.78 Å². The normalized spacial score (nSPS) is 12.6. The summed E-state index contributed by atoms with van der Waals surface area (Å²) in [7, 11) is 0. The second kappa shape index (κ2) is 5.37. The molecular formula is C16H11ClF2N2. The van der Waals surface area contributed by atoms with Crippen molar-refractivity contribution in [1.29, 1.82) is 0 Å². The van der Waals surface area contributed by atoms with Crippen LogP contribution >= 0.6 is 11.6 Å². The van der Waals surface area contributed by atoms with Crippen LogP contribution < -0.4 is 0 Å². The fraction of sp³-hybridized carbons (Fsp3) is 0.125. The molecule has 0 amide bonds. The quantitative estimate of drug-likeness (QED) is 0.631. The van der Waals surface area contributed by atoms with Gasteiger partial charge in [0.2, 0.25) is 0 Å². The van der Waals surface area contributed by atoms with Crippen LogP contribution in [0.1, 0.15) is 18.0 Å². The van der Waals surface area contributed by atoms with Crippen LogP contribution in [0.25, 0.3) is 22.0 Å². The van der Waals surface area contributed by atoms with Crippen molar-refractivity contribution in [3.8, 4) is 11.1 Å². The van der Waals surface area contributed by atoms with Crippen LogP contribution in [0.4, 0.5) is 8.78 Å². The molecule has 21 heavy (non-hydrogen) atoms. The van der Waals surface area contributed by atoms with Crippen molar-refractivity contribution >= 4 is 22.5 Å². The van der Waals surface area contributed by atoms with Crippen molar-refractivity contribution in [3.05, 3.63) is 60.1 Å². The molecule has 0 aliphatic rings. The highest BCUT2D eigenvalue weighted by Crippen LogP contribution is 2.32. The lowest BCUT2D eigenvalue weighted by Crippen LogP contribution is -1.97. The van der Waals surface area contributed by atoms with E-state index >= 15 is 0 Å². The summed E-state index contributed by atoms with van der Waals surface area (Å²) < 4.78 is 26.8. The average molecular weight is 305 g/mol. The molecule has 5 heteroatoms. The monoisotopic (exact) mass is 304 g/mol.